The lowest BCUT2D eigenvalue weighted by molar-refractivity contribution is -0.160. The molecule has 0 aromatic heterocycles. The molecule has 1 heterocycles. The molecule has 2 aliphatic rings. The van der Waals surface area contributed by atoms with Gasteiger partial charge in [0.1, 0.15) is 5.82 Å². The van der Waals surface area contributed by atoms with Crippen LogP contribution in [0, 0.1) is 17.7 Å². The van der Waals surface area contributed by atoms with E-state index < -0.39 is 33.9 Å². The van der Waals surface area contributed by atoms with Crippen LogP contribution in [-0.4, -0.2) is 43.9 Å². The summed E-state index contributed by atoms with van der Waals surface area (Å²) in [6, 6.07) is 5.69. The van der Waals surface area contributed by atoms with Crippen molar-refractivity contribution in [1.29, 1.82) is 0 Å². The third-order valence-electron chi connectivity index (χ3n) is 5.06. The second kappa shape index (κ2) is 7.58. The molecule has 148 valence electrons. The Morgan fingerprint density at radius 2 is 2.04 bits per heavy atom. The Morgan fingerprint density at radius 3 is 2.63 bits per heavy atom. The molecule has 1 amide bonds. The number of ether oxygens (including phenoxy) is 1. The molecule has 1 N–H and O–H groups in total. The lowest BCUT2D eigenvalue weighted by atomic mass is 10.1. The number of hydrogen-bond donors (Lipinski definition) is 1. The van der Waals surface area contributed by atoms with Gasteiger partial charge >= 0.3 is 5.97 Å². The number of hydrogen-bond acceptors (Lipinski definition) is 5. The highest BCUT2D eigenvalue weighted by Gasteiger charge is 2.47. The maximum atomic E-state index is 13.3. The summed E-state index contributed by atoms with van der Waals surface area (Å²) in [5, 5.41) is 2.69. The van der Waals surface area contributed by atoms with Crippen LogP contribution in [0.25, 0.3) is 0 Å². The van der Waals surface area contributed by atoms with E-state index in [1.165, 1.54) is 12.1 Å². The van der Waals surface area contributed by atoms with Crippen molar-refractivity contribution < 1.29 is 27.1 Å². The number of rotatable bonds is 6. The highest BCUT2D eigenvalue weighted by atomic mass is 32.2. The molecule has 1 saturated carbocycles. The van der Waals surface area contributed by atoms with E-state index in [-0.39, 0.29) is 35.1 Å². The first-order valence-corrected chi connectivity index (χ1v) is 10.9. The Morgan fingerprint density at radius 1 is 1.30 bits per heavy atom. The minimum absolute atomic E-state index is 0.0570. The lowest BCUT2D eigenvalue weighted by Crippen LogP contribution is -2.46. The van der Waals surface area contributed by atoms with E-state index in [2.05, 4.69) is 5.32 Å². The summed E-state index contributed by atoms with van der Waals surface area (Å²) in [6.45, 7) is 3.53. The summed E-state index contributed by atoms with van der Waals surface area (Å²) in [7, 11) is -3.11. The Kier molecular flexibility index (Phi) is 5.55. The maximum absolute atomic E-state index is 13.3. The third-order valence-corrected chi connectivity index (χ3v) is 6.82. The van der Waals surface area contributed by atoms with Crippen molar-refractivity contribution >= 4 is 21.7 Å². The number of halogens is 1. The van der Waals surface area contributed by atoms with Crippen LogP contribution in [-0.2, 0) is 24.2 Å². The second-order valence-electron chi connectivity index (χ2n) is 7.71. The predicted octanol–water partition coefficient (Wildman–Crippen LogP) is 1.80. The molecule has 0 spiro atoms. The molecule has 1 aliphatic carbocycles. The summed E-state index contributed by atoms with van der Waals surface area (Å²) in [5.41, 5.74) is 0.749. The summed E-state index contributed by atoms with van der Waals surface area (Å²) in [5.74, 6) is -2.04. The first-order valence-electron chi connectivity index (χ1n) is 9.13. The molecule has 0 unspecified atom stereocenters. The van der Waals surface area contributed by atoms with Crippen LogP contribution in [0.4, 0.5) is 4.39 Å². The van der Waals surface area contributed by atoms with E-state index >= 15 is 0 Å². The van der Waals surface area contributed by atoms with Crippen LogP contribution in [0.1, 0.15) is 38.2 Å². The molecule has 0 radical (unpaired) electrons. The maximum Gasteiger partial charge on any atom is 0.310 e. The van der Waals surface area contributed by atoms with Gasteiger partial charge in [0.2, 0.25) is 0 Å². The van der Waals surface area contributed by atoms with E-state index in [1.54, 1.807) is 26.0 Å². The van der Waals surface area contributed by atoms with Gasteiger partial charge in [0.15, 0.2) is 15.9 Å². The van der Waals surface area contributed by atoms with E-state index in [0.29, 0.717) is 12.8 Å². The SMILES string of the molecule is CC(C)[C@H](OC(=O)[C@@H]1C[C@H]1c1cccc(F)c1)C(=O)N[C@H]1CCS(=O)(=O)C1. The van der Waals surface area contributed by atoms with Crippen molar-refractivity contribution in [2.24, 2.45) is 11.8 Å². The number of nitrogens with one attached hydrogen (secondary N) is 1. The average molecular weight is 397 g/mol. The van der Waals surface area contributed by atoms with E-state index in [1.807, 2.05) is 0 Å². The van der Waals surface area contributed by atoms with Gasteiger partial charge < -0.3 is 10.1 Å². The quantitative estimate of drug-likeness (QED) is 0.740. The molecule has 0 bridgehead atoms. The molecule has 8 heteroatoms. The number of sulfone groups is 1. The van der Waals surface area contributed by atoms with Gasteiger partial charge in [0.05, 0.1) is 17.4 Å². The summed E-state index contributed by atoms with van der Waals surface area (Å²) >= 11 is 0. The Hall–Kier alpha value is -1.96. The number of esters is 1. The summed E-state index contributed by atoms with van der Waals surface area (Å²) in [4.78, 5) is 24.9. The molecule has 1 aromatic carbocycles. The van der Waals surface area contributed by atoms with Crippen molar-refractivity contribution in [3.8, 4) is 0 Å². The zero-order valence-electron chi connectivity index (χ0n) is 15.4. The summed E-state index contributed by atoms with van der Waals surface area (Å²) < 4.78 is 41.9. The molecule has 3 rings (SSSR count). The average Bonchev–Trinajstić information content (AvgIpc) is 3.31. The fourth-order valence-electron chi connectivity index (χ4n) is 3.46. The van der Waals surface area contributed by atoms with Crippen LogP contribution >= 0.6 is 0 Å². The monoisotopic (exact) mass is 397 g/mol. The predicted molar refractivity (Wildman–Crippen MR) is 97.2 cm³/mol. The van der Waals surface area contributed by atoms with Crippen LogP contribution < -0.4 is 5.32 Å². The van der Waals surface area contributed by atoms with Crippen LogP contribution in [0.2, 0.25) is 0 Å². The first-order chi connectivity index (χ1) is 12.7. The zero-order chi connectivity index (χ0) is 19.8. The van der Waals surface area contributed by atoms with Gasteiger partial charge in [-0.05, 0) is 42.4 Å². The molecule has 1 aliphatic heterocycles. The minimum atomic E-state index is -3.11. The normalized spacial score (nSPS) is 27.2. The van der Waals surface area contributed by atoms with Crippen molar-refractivity contribution in [1.82, 2.24) is 5.32 Å². The highest BCUT2D eigenvalue weighted by Crippen LogP contribution is 2.48. The van der Waals surface area contributed by atoms with Gasteiger partial charge in [0.25, 0.3) is 5.91 Å². The Balaban J connectivity index is 1.58. The van der Waals surface area contributed by atoms with Crippen LogP contribution in [0.3, 0.4) is 0 Å². The van der Waals surface area contributed by atoms with Crippen molar-refractivity contribution in [3.05, 3.63) is 35.6 Å². The molecular weight excluding hydrogens is 373 g/mol. The highest BCUT2D eigenvalue weighted by molar-refractivity contribution is 7.91. The van der Waals surface area contributed by atoms with Gasteiger partial charge in [0, 0.05) is 6.04 Å². The van der Waals surface area contributed by atoms with Gasteiger partial charge in [-0.2, -0.15) is 0 Å². The standard InChI is InChI=1S/C19H24FNO5S/c1-11(2)17(18(22)21-14-6-7-27(24,25)10-14)26-19(23)16-9-15(16)12-4-3-5-13(20)8-12/h3-5,8,11,14-17H,6-7,9-10H2,1-2H3,(H,21,22)/t14-,15-,16+,17-/m0/s1. The second-order valence-corrected chi connectivity index (χ2v) is 9.94. The van der Waals surface area contributed by atoms with Crippen molar-refractivity contribution in [2.45, 2.75) is 44.8 Å². The fourth-order valence-corrected chi connectivity index (χ4v) is 5.13. The van der Waals surface area contributed by atoms with Crippen LogP contribution in [0.5, 0.6) is 0 Å². The number of amides is 1. The van der Waals surface area contributed by atoms with E-state index in [0.717, 1.165) is 5.56 Å². The fraction of sp³-hybridized carbons (Fsp3) is 0.579. The number of benzene rings is 1. The molecule has 6 nitrogen and oxygen atoms in total. The Labute approximate surface area is 158 Å². The van der Waals surface area contributed by atoms with Crippen molar-refractivity contribution in [3.63, 3.8) is 0 Å². The largest absolute Gasteiger partial charge is 0.452 e. The van der Waals surface area contributed by atoms with Crippen LogP contribution in [0.15, 0.2) is 24.3 Å². The Bertz CT molecular complexity index is 838. The summed E-state index contributed by atoms with van der Waals surface area (Å²) in [6.07, 6.45) is -0.0401. The van der Waals surface area contributed by atoms with Gasteiger partial charge in [-0.3, -0.25) is 9.59 Å². The van der Waals surface area contributed by atoms with Gasteiger partial charge in [-0.25, -0.2) is 12.8 Å². The van der Waals surface area contributed by atoms with Gasteiger partial charge in [-0.15, -0.1) is 0 Å². The third kappa shape index (κ3) is 4.86. The zero-order valence-corrected chi connectivity index (χ0v) is 16.2. The molecule has 4 atom stereocenters. The lowest BCUT2D eigenvalue weighted by Gasteiger charge is -2.22. The number of carbonyl (C=O) groups is 2. The molecule has 1 aromatic rings. The number of carbonyl (C=O) groups excluding carboxylic acids is 2. The molecule has 2 fully saturated rings. The molecular formula is C19H24FNO5S. The topological polar surface area (TPSA) is 89.5 Å². The van der Waals surface area contributed by atoms with Gasteiger partial charge in [-0.1, -0.05) is 26.0 Å². The first kappa shape index (κ1) is 19.8. The minimum Gasteiger partial charge on any atom is -0.452 e. The molecule has 27 heavy (non-hydrogen) atoms. The van der Waals surface area contributed by atoms with Crippen molar-refractivity contribution in [2.75, 3.05) is 11.5 Å². The van der Waals surface area contributed by atoms with E-state index in [9.17, 15) is 22.4 Å². The van der Waals surface area contributed by atoms with E-state index in [4.69, 9.17) is 4.74 Å². The smallest absolute Gasteiger partial charge is 0.310 e. The molecule has 1 saturated heterocycles.